The quantitative estimate of drug-likeness (QED) is 0.888. The number of aromatic nitrogens is 2. The molecule has 2 aromatic rings. The van der Waals surface area contributed by atoms with Gasteiger partial charge in [0.2, 0.25) is 0 Å². The third-order valence-electron chi connectivity index (χ3n) is 6.05. The van der Waals surface area contributed by atoms with Gasteiger partial charge in [0, 0.05) is 37.5 Å². The van der Waals surface area contributed by atoms with Crippen LogP contribution in [0.4, 0.5) is 0 Å². The zero-order valence-electron chi connectivity index (χ0n) is 16.0. The highest BCUT2D eigenvalue weighted by molar-refractivity contribution is 5.94. The Balaban J connectivity index is 1.51. The maximum atomic E-state index is 12.7. The Morgan fingerprint density at radius 1 is 1.15 bits per heavy atom. The average molecular weight is 367 g/mol. The van der Waals surface area contributed by atoms with Gasteiger partial charge in [0.25, 0.3) is 5.91 Å². The summed E-state index contributed by atoms with van der Waals surface area (Å²) in [5.74, 6) is 1.55. The van der Waals surface area contributed by atoms with E-state index in [-0.39, 0.29) is 24.2 Å². The van der Waals surface area contributed by atoms with Crippen molar-refractivity contribution in [3.8, 4) is 0 Å². The van der Waals surface area contributed by atoms with Crippen molar-refractivity contribution in [2.24, 2.45) is 13.0 Å². The second kappa shape index (κ2) is 8.26. The van der Waals surface area contributed by atoms with Gasteiger partial charge in [-0.1, -0.05) is 37.5 Å². The molecule has 1 N–H and O–H groups in total. The van der Waals surface area contributed by atoms with E-state index in [1.165, 1.54) is 32.1 Å². The van der Waals surface area contributed by atoms with Crippen LogP contribution in [-0.4, -0.2) is 27.6 Å². The van der Waals surface area contributed by atoms with E-state index in [9.17, 15) is 4.79 Å². The Bertz CT molecular complexity index is 752. The fourth-order valence-corrected chi connectivity index (χ4v) is 4.60. The van der Waals surface area contributed by atoms with Gasteiger partial charge in [-0.05, 0) is 37.3 Å². The minimum Gasteiger partial charge on any atom is -0.367 e. The number of carbonyl (C=O) groups excluding carboxylic acids is 1. The van der Waals surface area contributed by atoms with Gasteiger partial charge in [0.05, 0.1) is 6.10 Å². The van der Waals surface area contributed by atoms with Crippen molar-refractivity contribution in [1.82, 2.24) is 14.9 Å². The van der Waals surface area contributed by atoms with E-state index in [1.807, 2.05) is 54.3 Å². The molecular weight excluding hydrogens is 338 g/mol. The van der Waals surface area contributed by atoms with Crippen LogP contribution >= 0.6 is 0 Å². The van der Waals surface area contributed by atoms with Crippen molar-refractivity contribution in [3.05, 3.63) is 54.1 Å². The standard InChI is InChI=1S/C22H29N3O2/c1-25-13-12-23-21(25)20-15-18(24-22(26)17-10-6-3-7-11-17)14-19(27-20)16-8-4-2-5-9-16/h3,6-7,10-13,16,18-20H,2,4-5,8-9,14-15H2,1H3,(H,24,26)/t18-,19-,20+/m1/s1. The van der Waals surface area contributed by atoms with Crippen molar-refractivity contribution >= 4 is 5.91 Å². The highest BCUT2D eigenvalue weighted by Crippen LogP contribution is 2.38. The normalized spacial score (nSPS) is 26.6. The van der Waals surface area contributed by atoms with E-state index in [4.69, 9.17) is 4.74 Å². The van der Waals surface area contributed by atoms with Gasteiger partial charge in [-0.25, -0.2) is 4.98 Å². The van der Waals surface area contributed by atoms with Crippen LogP contribution in [0.2, 0.25) is 0 Å². The van der Waals surface area contributed by atoms with E-state index in [0.29, 0.717) is 11.5 Å². The Morgan fingerprint density at radius 3 is 2.63 bits per heavy atom. The summed E-state index contributed by atoms with van der Waals surface area (Å²) >= 11 is 0. The van der Waals surface area contributed by atoms with Crippen molar-refractivity contribution in [2.45, 2.75) is 63.2 Å². The summed E-state index contributed by atoms with van der Waals surface area (Å²) in [6.07, 6.45) is 12.0. The number of aryl methyl sites for hydroxylation is 1. The molecule has 5 heteroatoms. The largest absolute Gasteiger partial charge is 0.367 e. The van der Waals surface area contributed by atoms with Gasteiger partial charge in [-0.2, -0.15) is 0 Å². The Hall–Kier alpha value is -2.14. The summed E-state index contributed by atoms with van der Waals surface area (Å²) in [6.45, 7) is 0. The number of hydrogen-bond donors (Lipinski definition) is 1. The molecule has 1 saturated carbocycles. The molecule has 2 fully saturated rings. The van der Waals surface area contributed by atoms with Crippen LogP contribution in [0.3, 0.4) is 0 Å². The number of nitrogens with one attached hydrogen (secondary N) is 1. The third kappa shape index (κ3) is 4.24. The predicted octanol–water partition coefficient (Wildman–Crippen LogP) is 4.02. The second-order valence-electron chi connectivity index (χ2n) is 7.97. The van der Waals surface area contributed by atoms with Crippen molar-refractivity contribution < 1.29 is 9.53 Å². The first-order chi connectivity index (χ1) is 13.2. The molecule has 1 aromatic heterocycles. The van der Waals surface area contributed by atoms with Crippen LogP contribution in [0.15, 0.2) is 42.7 Å². The molecule has 0 bridgehead atoms. The highest BCUT2D eigenvalue weighted by Gasteiger charge is 2.37. The lowest BCUT2D eigenvalue weighted by molar-refractivity contribution is -0.0988. The van der Waals surface area contributed by atoms with Crippen LogP contribution in [0.25, 0.3) is 0 Å². The van der Waals surface area contributed by atoms with Crippen molar-refractivity contribution in [2.75, 3.05) is 0 Å². The number of benzene rings is 1. The summed E-state index contributed by atoms with van der Waals surface area (Å²) in [6, 6.07) is 9.58. The maximum absolute atomic E-state index is 12.7. The molecule has 1 amide bonds. The van der Waals surface area contributed by atoms with Gasteiger partial charge in [0.1, 0.15) is 11.9 Å². The average Bonchev–Trinajstić information content (AvgIpc) is 3.15. The summed E-state index contributed by atoms with van der Waals surface area (Å²) in [4.78, 5) is 17.2. The van der Waals surface area contributed by atoms with Gasteiger partial charge in [-0.3, -0.25) is 4.79 Å². The van der Waals surface area contributed by atoms with Gasteiger partial charge in [-0.15, -0.1) is 0 Å². The minimum absolute atomic E-state index is 0.00323. The second-order valence-corrected chi connectivity index (χ2v) is 7.97. The number of amides is 1. The fourth-order valence-electron chi connectivity index (χ4n) is 4.60. The topological polar surface area (TPSA) is 56.2 Å². The summed E-state index contributed by atoms with van der Waals surface area (Å²) in [5, 5.41) is 3.26. The number of rotatable bonds is 4. The molecule has 0 unspecified atom stereocenters. The van der Waals surface area contributed by atoms with Crippen LogP contribution in [0, 0.1) is 5.92 Å². The summed E-state index contributed by atoms with van der Waals surface area (Å²) in [5.41, 5.74) is 0.715. The molecule has 1 saturated heterocycles. The number of ether oxygens (including phenoxy) is 1. The van der Waals surface area contributed by atoms with Gasteiger partial charge < -0.3 is 14.6 Å². The maximum Gasteiger partial charge on any atom is 0.251 e. The molecule has 27 heavy (non-hydrogen) atoms. The predicted molar refractivity (Wildman–Crippen MR) is 104 cm³/mol. The van der Waals surface area contributed by atoms with Crippen LogP contribution in [0.5, 0.6) is 0 Å². The Morgan fingerprint density at radius 2 is 1.93 bits per heavy atom. The van der Waals surface area contributed by atoms with E-state index < -0.39 is 0 Å². The van der Waals surface area contributed by atoms with Crippen LogP contribution < -0.4 is 5.32 Å². The van der Waals surface area contributed by atoms with E-state index in [0.717, 1.165) is 18.7 Å². The van der Waals surface area contributed by atoms with E-state index in [2.05, 4.69) is 10.3 Å². The first-order valence-electron chi connectivity index (χ1n) is 10.2. The van der Waals surface area contributed by atoms with Crippen LogP contribution in [0.1, 0.15) is 67.2 Å². The molecule has 0 spiro atoms. The monoisotopic (exact) mass is 367 g/mol. The molecule has 144 valence electrons. The lowest BCUT2D eigenvalue weighted by Crippen LogP contribution is -2.45. The number of carbonyl (C=O) groups is 1. The molecule has 2 heterocycles. The lowest BCUT2D eigenvalue weighted by atomic mass is 9.81. The Labute approximate surface area is 161 Å². The molecule has 1 aromatic carbocycles. The molecule has 0 radical (unpaired) electrons. The summed E-state index contributed by atoms with van der Waals surface area (Å²) in [7, 11) is 2.01. The first-order valence-corrected chi connectivity index (χ1v) is 10.2. The molecule has 4 rings (SSSR count). The SMILES string of the molecule is Cn1ccnc1[C@@H]1C[C@H](NC(=O)c2ccccc2)C[C@H](C2CCCCC2)O1. The molecule has 3 atom stereocenters. The molecular formula is C22H29N3O2. The van der Waals surface area contributed by atoms with Crippen molar-refractivity contribution in [1.29, 1.82) is 0 Å². The molecule has 1 aliphatic carbocycles. The highest BCUT2D eigenvalue weighted by atomic mass is 16.5. The number of imidazole rings is 1. The van der Waals surface area contributed by atoms with Gasteiger partial charge >= 0.3 is 0 Å². The summed E-state index contributed by atoms with van der Waals surface area (Å²) < 4.78 is 8.57. The number of nitrogens with zero attached hydrogens (tertiary/aromatic N) is 2. The van der Waals surface area contributed by atoms with E-state index >= 15 is 0 Å². The molecule has 2 aliphatic rings. The fraction of sp³-hybridized carbons (Fsp3) is 0.545. The zero-order valence-corrected chi connectivity index (χ0v) is 16.0. The number of hydrogen-bond acceptors (Lipinski definition) is 3. The third-order valence-corrected chi connectivity index (χ3v) is 6.05. The molecule has 1 aliphatic heterocycles. The lowest BCUT2D eigenvalue weighted by Gasteiger charge is -2.40. The van der Waals surface area contributed by atoms with E-state index in [1.54, 1.807) is 0 Å². The van der Waals surface area contributed by atoms with Crippen LogP contribution in [-0.2, 0) is 11.8 Å². The minimum atomic E-state index is -0.0632. The smallest absolute Gasteiger partial charge is 0.251 e. The van der Waals surface area contributed by atoms with Gasteiger partial charge in [0.15, 0.2) is 0 Å². The molecule has 5 nitrogen and oxygen atoms in total. The first kappa shape index (κ1) is 18.2. The zero-order chi connectivity index (χ0) is 18.6. The van der Waals surface area contributed by atoms with Crippen molar-refractivity contribution in [3.63, 3.8) is 0 Å². The Kier molecular flexibility index (Phi) is 5.58.